The molecule has 1 aromatic rings. The molecule has 112 valence electrons. The summed E-state index contributed by atoms with van der Waals surface area (Å²) < 4.78 is 0. The standard InChI is InChI=1S/C16H25ClN2O/c1-4-5-6-10-18-16(20)13(3)19-12(2)14-8-7-9-15(17)11-14/h7-9,11-13,19H,4-6,10H2,1-3H3,(H,18,20)/t12-,13?/m0/s1. The van der Waals surface area contributed by atoms with Gasteiger partial charge in [-0.1, -0.05) is 43.5 Å². The lowest BCUT2D eigenvalue weighted by Crippen LogP contribution is -2.43. The number of amides is 1. The van der Waals surface area contributed by atoms with Crippen LogP contribution in [0.4, 0.5) is 0 Å². The van der Waals surface area contributed by atoms with Crippen LogP contribution in [0.1, 0.15) is 51.6 Å². The van der Waals surface area contributed by atoms with E-state index in [0.717, 1.165) is 31.4 Å². The molecule has 1 unspecified atom stereocenters. The third kappa shape index (κ3) is 5.93. The van der Waals surface area contributed by atoms with Crippen molar-refractivity contribution in [1.29, 1.82) is 0 Å². The van der Waals surface area contributed by atoms with Crippen LogP contribution in [0.25, 0.3) is 0 Å². The summed E-state index contributed by atoms with van der Waals surface area (Å²) in [4.78, 5) is 11.9. The summed E-state index contributed by atoms with van der Waals surface area (Å²) in [6.45, 7) is 6.83. The normalized spacial score (nSPS) is 13.8. The smallest absolute Gasteiger partial charge is 0.236 e. The van der Waals surface area contributed by atoms with E-state index >= 15 is 0 Å². The van der Waals surface area contributed by atoms with Crippen LogP contribution in [0.2, 0.25) is 5.02 Å². The first-order valence-electron chi connectivity index (χ1n) is 7.33. The number of benzene rings is 1. The molecular formula is C16H25ClN2O. The molecule has 0 fully saturated rings. The summed E-state index contributed by atoms with van der Waals surface area (Å²) in [7, 11) is 0. The van der Waals surface area contributed by atoms with Gasteiger partial charge < -0.3 is 5.32 Å². The third-order valence-electron chi connectivity index (χ3n) is 3.32. The van der Waals surface area contributed by atoms with Crippen LogP contribution in [-0.4, -0.2) is 18.5 Å². The molecule has 0 saturated carbocycles. The predicted octanol–water partition coefficient (Wildman–Crippen LogP) is 3.69. The van der Waals surface area contributed by atoms with Gasteiger partial charge in [-0.2, -0.15) is 0 Å². The number of hydrogen-bond acceptors (Lipinski definition) is 2. The van der Waals surface area contributed by atoms with Gasteiger partial charge in [0, 0.05) is 17.6 Å². The van der Waals surface area contributed by atoms with Crippen LogP contribution in [0.3, 0.4) is 0 Å². The molecule has 0 aliphatic carbocycles. The molecule has 3 nitrogen and oxygen atoms in total. The average molecular weight is 297 g/mol. The molecular weight excluding hydrogens is 272 g/mol. The van der Waals surface area contributed by atoms with Gasteiger partial charge in [-0.15, -0.1) is 0 Å². The van der Waals surface area contributed by atoms with Gasteiger partial charge in [-0.05, 0) is 38.0 Å². The van der Waals surface area contributed by atoms with Crippen LogP contribution in [0, 0.1) is 0 Å². The van der Waals surface area contributed by atoms with Crippen molar-refractivity contribution in [2.24, 2.45) is 0 Å². The van der Waals surface area contributed by atoms with E-state index in [1.165, 1.54) is 0 Å². The van der Waals surface area contributed by atoms with Crippen molar-refractivity contribution in [2.45, 2.75) is 52.1 Å². The SMILES string of the molecule is CCCCCNC(=O)C(C)N[C@@H](C)c1cccc(Cl)c1. The van der Waals surface area contributed by atoms with E-state index in [2.05, 4.69) is 17.6 Å². The molecule has 0 bridgehead atoms. The van der Waals surface area contributed by atoms with Gasteiger partial charge in [-0.3, -0.25) is 10.1 Å². The Morgan fingerprint density at radius 1 is 1.30 bits per heavy atom. The van der Waals surface area contributed by atoms with Gasteiger partial charge in [0.2, 0.25) is 5.91 Å². The van der Waals surface area contributed by atoms with E-state index in [9.17, 15) is 4.79 Å². The lowest BCUT2D eigenvalue weighted by atomic mass is 10.1. The maximum Gasteiger partial charge on any atom is 0.236 e. The molecule has 20 heavy (non-hydrogen) atoms. The molecule has 1 rings (SSSR count). The Hall–Kier alpha value is -1.06. The highest BCUT2D eigenvalue weighted by Crippen LogP contribution is 2.17. The zero-order chi connectivity index (χ0) is 15.0. The Bertz CT molecular complexity index is 423. The van der Waals surface area contributed by atoms with Gasteiger partial charge in [0.05, 0.1) is 6.04 Å². The quantitative estimate of drug-likeness (QED) is 0.718. The van der Waals surface area contributed by atoms with Gasteiger partial charge >= 0.3 is 0 Å². The highest BCUT2D eigenvalue weighted by Gasteiger charge is 2.15. The van der Waals surface area contributed by atoms with Crippen molar-refractivity contribution in [3.63, 3.8) is 0 Å². The van der Waals surface area contributed by atoms with E-state index in [0.29, 0.717) is 5.02 Å². The molecule has 1 aromatic carbocycles. The van der Waals surface area contributed by atoms with Crippen molar-refractivity contribution in [1.82, 2.24) is 10.6 Å². The zero-order valence-electron chi connectivity index (χ0n) is 12.6. The van der Waals surface area contributed by atoms with Gasteiger partial charge in [-0.25, -0.2) is 0 Å². The van der Waals surface area contributed by atoms with Gasteiger partial charge in [0.15, 0.2) is 0 Å². The first-order valence-corrected chi connectivity index (χ1v) is 7.71. The lowest BCUT2D eigenvalue weighted by Gasteiger charge is -2.20. The monoisotopic (exact) mass is 296 g/mol. The van der Waals surface area contributed by atoms with Crippen molar-refractivity contribution in [3.05, 3.63) is 34.9 Å². The summed E-state index contributed by atoms with van der Waals surface area (Å²) >= 11 is 5.98. The molecule has 0 spiro atoms. The molecule has 0 saturated heterocycles. The molecule has 4 heteroatoms. The maximum atomic E-state index is 11.9. The largest absolute Gasteiger partial charge is 0.355 e. The molecule has 0 aliphatic heterocycles. The highest BCUT2D eigenvalue weighted by molar-refractivity contribution is 6.30. The van der Waals surface area contributed by atoms with Crippen LogP contribution < -0.4 is 10.6 Å². The number of carbonyl (C=O) groups excluding carboxylic acids is 1. The third-order valence-corrected chi connectivity index (χ3v) is 3.56. The second kappa shape index (κ2) is 8.98. The highest BCUT2D eigenvalue weighted by atomic mass is 35.5. The summed E-state index contributed by atoms with van der Waals surface area (Å²) in [5.74, 6) is 0.0509. The van der Waals surface area contributed by atoms with Crippen molar-refractivity contribution >= 4 is 17.5 Å². The van der Waals surface area contributed by atoms with Crippen LogP contribution >= 0.6 is 11.6 Å². The Labute approximate surface area is 127 Å². The summed E-state index contributed by atoms with van der Waals surface area (Å²) in [6.07, 6.45) is 3.36. The Morgan fingerprint density at radius 2 is 2.05 bits per heavy atom. The fourth-order valence-corrected chi connectivity index (χ4v) is 2.26. The van der Waals surface area contributed by atoms with Crippen molar-refractivity contribution < 1.29 is 4.79 Å². The number of halogens is 1. The molecule has 0 aromatic heterocycles. The first-order chi connectivity index (χ1) is 9.54. The number of unbranched alkanes of at least 4 members (excludes halogenated alkanes) is 2. The Morgan fingerprint density at radius 3 is 2.70 bits per heavy atom. The number of nitrogens with one attached hydrogen (secondary N) is 2. The molecule has 0 heterocycles. The van der Waals surface area contributed by atoms with E-state index in [1.54, 1.807) is 0 Å². The van der Waals surface area contributed by atoms with Crippen LogP contribution in [-0.2, 0) is 4.79 Å². The Balaban J connectivity index is 2.40. The number of hydrogen-bond donors (Lipinski definition) is 2. The minimum atomic E-state index is -0.217. The number of rotatable bonds is 8. The summed E-state index contributed by atoms with van der Waals surface area (Å²) in [5.41, 5.74) is 1.09. The Kier molecular flexibility index (Phi) is 7.63. The topological polar surface area (TPSA) is 41.1 Å². The lowest BCUT2D eigenvalue weighted by molar-refractivity contribution is -0.122. The minimum Gasteiger partial charge on any atom is -0.355 e. The molecule has 1 amide bonds. The van der Waals surface area contributed by atoms with E-state index in [-0.39, 0.29) is 18.0 Å². The second-order valence-electron chi connectivity index (χ2n) is 5.16. The summed E-state index contributed by atoms with van der Waals surface area (Å²) in [5, 5.41) is 6.97. The minimum absolute atomic E-state index is 0.0509. The van der Waals surface area contributed by atoms with Crippen molar-refractivity contribution in [3.8, 4) is 0 Å². The summed E-state index contributed by atoms with van der Waals surface area (Å²) in [6, 6.07) is 7.57. The zero-order valence-corrected chi connectivity index (χ0v) is 13.3. The average Bonchev–Trinajstić information content (AvgIpc) is 2.43. The fraction of sp³-hybridized carbons (Fsp3) is 0.562. The molecule has 2 N–H and O–H groups in total. The van der Waals surface area contributed by atoms with Crippen molar-refractivity contribution in [2.75, 3.05) is 6.54 Å². The van der Waals surface area contributed by atoms with E-state index in [1.807, 2.05) is 38.1 Å². The van der Waals surface area contributed by atoms with Crippen LogP contribution in [0.15, 0.2) is 24.3 Å². The molecule has 0 aliphatic rings. The molecule has 0 radical (unpaired) electrons. The number of carbonyl (C=O) groups is 1. The van der Waals surface area contributed by atoms with Gasteiger partial charge in [0.1, 0.15) is 0 Å². The predicted molar refractivity (Wildman–Crippen MR) is 85.0 cm³/mol. The second-order valence-corrected chi connectivity index (χ2v) is 5.60. The van der Waals surface area contributed by atoms with Crippen LogP contribution in [0.5, 0.6) is 0 Å². The van der Waals surface area contributed by atoms with E-state index in [4.69, 9.17) is 11.6 Å². The van der Waals surface area contributed by atoms with Gasteiger partial charge in [0.25, 0.3) is 0 Å². The van der Waals surface area contributed by atoms with E-state index < -0.39 is 0 Å². The molecule has 2 atom stereocenters. The first kappa shape index (κ1) is 17.0. The fourth-order valence-electron chi connectivity index (χ4n) is 2.06. The maximum absolute atomic E-state index is 11.9.